The Bertz CT molecular complexity index is 406. The summed E-state index contributed by atoms with van der Waals surface area (Å²) in [5.41, 5.74) is 1.32. The van der Waals surface area contributed by atoms with Crippen molar-refractivity contribution in [2.45, 2.75) is 26.2 Å². The van der Waals surface area contributed by atoms with Gasteiger partial charge >= 0.3 is 0 Å². The molecule has 0 bridgehead atoms. The van der Waals surface area contributed by atoms with E-state index in [1.165, 1.54) is 5.56 Å². The van der Waals surface area contributed by atoms with E-state index in [9.17, 15) is 4.79 Å². The van der Waals surface area contributed by atoms with E-state index in [2.05, 4.69) is 31.2 Å². The normalized spacial score (nSPS) is 17.2. The number of benzene rings is 1. The Labute approximate surface area is 102 Å². The van der Waals surface area contributed by atoms with Crippen molar-refractivity contribution in [1.82, 2.24) is 0 Å². The highest BCUT2D eigenvalue weighted by Crippen LogP contribution is 2.24. The standard InChI is InChI=1S/C15H18O2/c1-2-13(10-12-6-4-3-5-7-12)15-9-8-14(16)11-17-15/h3-7,9,13H,2,8,10-11H2,1H3. The highest BCUT2D eigenvalue weighted by molar-refractivity contribution is 5.82. The minimum absolute atomic E-state index is 0.170. The molecule has 1 aliphatic heterocycles. The molecule has 0 aliphatic carbocycles. The van der Waals surface area contributed by atoms with Gasteiger partial charge in [-0.25, -0.2) is 0 Å². The summed E-state index contributed by atoms with van der Waals surface area (Å²) in [6.45, 7) is 2.41. The van der Waals surface area contributed by atoms with Gasteiger partial charge in [0.15, 0.2) is 5.78 Å². The molecule has 1 aliphatic rings. The lowest BCUT2D eigenvalue weighted by Gasteiger charge is -2.22. The second kappa shape index (κ2) is 5.67. The van der Waals surface area contributed by atoms with Crippen LogP contribution in [0.15, 0.2) is 42.2 Å². The summed E-state index contributed by atoms with van der Waals surface area (Å²) in [6, 6.07) is 10.4. The fourth-order valence-corrected chi connectivity index (χ4v) is 2.13. The number of carbonyl (C=O) groups is 1. The highest BCUT2D eigenvalue weighted by Gasteiger charge is 2.19. The maximum atomic E-state index is 11.1. The molecule has 0 N–H and O–H groups in total. The van der Waals surface area contributed by atoms with Gasteiger partial charge in [-0.05, 0) is 24.5 Å². The van der Waals surface area contributed by atoms with E-state index in [0.29, 0.717) is 12.3 Å². The first kappa shape index (κ1) is 11.9. The summed E-state index contributed by atoms with van der Waals surface area (Å²) in [7, 11) is 0. The summed E-state index contributed by atoms with van der Waals surface area (Å²) in [6.07, 6.45) is 4.50. The number of Topliss-reactive ketones (excluding diaryl/α,β-unsaturated/α-hetero) is 1. The minimum atomic E-state index is 0.170. The van der Waals surface area contributed by atoms with Crippen LogP contribution in [-0.2, 0) is 16.0 Å². The minimum Gasteiger partial charge on any atom is -0.490 e. The highest BCUT2D eigenvalue weighted by atomic mass is 16.5. The van der Waals surface area contributed by atoms with Gasteiger partial charge in [-0.3, -0.25) is 4.79 Å². The summed E-state index contributed by atoms with van der Waals surface area (Å²) in [4.78, 5) is 11.1. The molecule has 1 heterocycles. The van der Waals surface area contributed by atoms with Crippen molar-refractivity contribution in [3.05, 3.63) is 47.7 Å². The smallest absolute Gasteiger partial charge is 0.174 e. The van der Waals surface area contributed by atoms with Crippen LogP contribution in [0.4, 0.5) is 0 Å². The quantitative estimate of drug-likeness (QED) is 0.794. The van der Waals surface area contributed by atoms with Crippen molar-refractivity contribution < 1.29 is 9.53 Å². The maximum Gasteiger partial charge on any atom is 0.174 e. The Morgan fingerprint density at radius 1 is 1.29 bits per heavy atom. The molecule has 0 fully saturated rings. The molecule has 17 heavy (non-hydrogen) atoms. The van der Waals surface area contributed by atoms with Crippen molar-refractivity contribution in [3.8, 4) is 0 Å². The third kappa shape index (κ3) is 3.19. The molecule has 0 saturated heterocycles. The van der Waals surface area contributed by atoms with E-state index in [4.69, 9.17) is 4.74 Å². The van der Waals surface area contributed by atoms with Crippen LogP contribution >= 0.6 is 0 Å². The van der Waals surface area contributed by atoms with Gasteiger partial charge < -0.3 is 4.74 Å². The van der Waals surface area contributed by atoms with E-state index in [1.54, 1.807) is 0 Å². The molecular weight excluding hydrogens is 212 g/mol. The molecule has 1 aromatic rings. The molecule has 90 valence electrons. The van der Waals surface area contributed by atoms with Gasteiger partial charge in [0.25, 0.3) is 0 Å². The zero-order valence-electron chi connectivity index (χ0n) is 10.2. The zero-order chi connectivity index (χ0) is 12.1. The number of hydrogen-bond donors (Lipinski definition) is 0. The molecule has 2 rings (SSSR count). The number of ketones is 1. The van der Waals surface area contributed by atoms with Crippen LogP contribution in [0.5, 0.6) is 0 Å². The molecule has 1 unspecified atom stereocenters. The summed E-state index contributed by atoms with van der Waals surface area (Å²) >= 11 is 0. The molecule has 0 saturated carbocycles. The lowest BCUT2D eigenvalue weighted by molar-refractivity contribution is -0.122. The molecule has 0 amide bonds. The molecule has 1 atom stereocenters. The first-order valence-corrected chi connectivity index (χ1v) is 6.18. The van der Waals surface area contributed by atoms with Gasteiger partial charge in [0.1, 0.15) is 6.61 Å². The Hall–Kier alpha value is -1.57. The third-order valence-corrected chi connectivity index (χ3v) is 3.15. The Morgan fingerprint density at radius 3 is 2.65 bits per heavy atom. The number of carbonyl (C=O) groups excluding carboxylic acids is 1. The van der Waals surface area contributed by atoms with Crippen molar-refractivity contribution in [3.63, 3.8) is 0 Å². The van der Waals surface area contributed by atoms with Crippen LogP contribution in [0.2, 0.25) is 0 Å². The monoisotopic (exact) mass is 230 g/mol. The summed E-state index contributed by atoms with van der Waals surface area (Å²) in [5, 5.41) is 0. The lowest BCUT2D eigenvalue weighted by Crippen LogP contribution is -2.19. The van der Waals surface area contributed by atoms with E-state index < -0.39 is 0 Å². The van der Waals surface area contributed by atoms with Crippen LogP contribution in [0.1, 0.15) is 25.3 Å². The van der Waals surface area contributed by atoms with Gasteiger partial charge in [0.05, 0.1) is 5.76 Å². The second-order valence-corrected chi connectivity index (χ2v) is 4.43. The van der Waals surface area contributed by atoms with Crippen LogP contribution < -0.4 is 0 Å². The van der Waals surface area contributed by atoms with Crippen molar-refractivity contribution in [2.24, 2.45) is 5.92 Å². The van der Waals surface area contributed by atoms with Crippen LogP contribution in [0.25, 0.3) is 0 Å². The lowest BCUT2D eigenvalue weighted by atomic mass is 9.93. The van der Waals surface area contributed by atoms with E-state index in [0.717, 1.165) is 18.6 Å². The average molecular weight is 230 g/mol. The van der Waals surface area contributed by atoms with Crippen LogP contribution in [-0.4, -0.2) is 12.4 Å². The Balaban J connectivity index is 2.04. The SMILES string of the molecule is CCC(Cc1ccccc1)C1=CCC(=O)CO1. The Kier molecular flexibility index (Phi) is 3.97. The topological polar surface area (TPSA) is 26.3 Å². The maximum absolute atomic E-state index is 11.1. The van der Waals surface area contributed by atoms with Gasteiger partial charge in [-0.1, -0.05) is 37.3 Å². The number of ether oxygens (including phenoxy) is 1. The molecule has 0 aromatic heterocycles. The molecular formula is C15H18O2. The first-order valence-electron chi connectivity index (χ1n) is 6.18. The molecule has 0 radical (unpaired) electrons. The van der Waals surface area contributed by atoms with E-state index >= 15 is 0 Å². The fourth-order valence-electron chi connectivity index (χ4n) is 2.13. The largest absolute Gasteiger partial charge is 0.490 e. The molecule has 1 aromatic carbocycles. The third-order valence-electron chi connectivity index (χ3n) is 3.15. The van der Waals surface area contributed by atoms with Crippen molar-refractivity contribution in [2.75, 3.05) is 6.61 Å². The van der Waals surface area contributed by atoms with Gasteiger partial charge in [-0.15, -0.1) is 0 Å². The Morgan fingerprint density at radius 2 is 2.06 bits per heavy atom. The molecule has 0 spiro atoms. The van der Waals surface area contributed by atoms with Gasteiger partial charge in [-0.2, -0.15) is 0 Å². The predicted octanol–water partition coefficient (Wildman–Crippen LogP) is 3.13. The average Bonchev–Trinajstić information content (AvgIpc) is 2.38. The summed E-state index contributed by atoms with van der Waals surface area (Å²) < 4.78 is 5.53. The predicted molar refractivity (Wildman–Crippen MR) is 67.6 cm³/mol. The van der Waals surface area contributed by atoms with Gasteiger partial charge in [0.2, 0.25) is 0 Å². The van der Waals surface area contributed by atoms with E-state index in [-0.39, 0.29) is 12.4 Å². The zero-order valence-corrected chi connectivity index (χ0v) is 10.2. The van der Waals surface area contributed by atoms with Crippen molar-refractivity contribution >= 4 is 5.78 Å². The summed E-state index contributed by atoms with van der Waals surface area (Å²) in [5.74, 6) is 1.56. The fraction of sp³-hybridized carbons (Fsp3) is 0.400. The van der Waals surface area contributed by atoms with Crippen LogP contribution in [0.3, 0.4) is 0 Å². The van der Waals surface area contributed by atoms with Crippen LogP contribution in [0, 0.1) is 5.92 Å². The first-order chi connectivity index (χ1) is 8.29. The second-order valence-electron chi connectivity index (χ2n) is 4.43. The molecule has 2 nitrogen and oxygen atoms in total. The van der Waals surface area contributed by atoms with Gasteiger partial charge in [0, 0.05) is 12.3 Å². The molecule has 2 heteroatoms. The number of allylic oxidation sites excluding steroid dienone is 2. The number of hydrogen-bond acceptors (Lipinski definition) is 2. The van der Waals surface area contributed by atoms with E-state index in [1.807, 2.05) is 12.1 Å². The van der Waals surface area contributed by atoms with Crippen molar-refractivity contribution in [1.29, 1.82) is 0 Å². The number of rotatable bonds is 4.